The number of anilines is 1. The number of carbonyl (C=O) groups is 3. The van der Waals surface area contributed by atoms with E-state index in [2.05, 4.69) is 16.0 Å². The van der Waals surface area contributed by atoms with E-state index in [9.17, 15) is 14.4 Å². The fourth-order valence-corrected chi connectivity index (χ4v) is 4.01. The fraction of sp³-hybridized carbons (Fsp3) is 0.591. The number of urea groups is 1. The molecule has 0 aromatic heterocycles. The highest BCUT2D eigenvalue weighted by molar-refractivity contribution is 5.99. The third kappa shape index (κ3) is 5.66. The summed E-state index contributed by atoms with van der Waals surface area (Å²) in [6.45, 7) is 6.49. The predicted octanol–water partition coefficient (Wildman–Crippen LogP) is 2.12. The maximum atomic E-state index is 13.2. The van der Waals surface area contributed by atoms with Crippen LogP contribution in [0.4, 0.5) is 10.5 Å². The van der Waals surface area contributed by atoms with Gasteiger partial charge in [0.2, 0.25) is 5.91 Å². The Morgan fingerprint density at radius 3 is 2.74 bits per heavy atom. The summed E-state index contributed by atoms with van der Waals surface area (Å²) in [4.78, 5) is 38.8. The van der Waals surface area contributed by atoms with Gasteiger partial charge in [0.05, 0.1) is 24.1 Å². The van der Waals surface area contributed by atoms with Gasteiger partial charge in [-0.1, -0.05) is 0 Å². The van der Waals surface area contributed by atoms with Gasteiger partial charge in [-0.05, 0) is 51.8 Å². The van der Waals surface area contributed by atoms with Crippen molar-refractivity contribution in [3.05, 3.63) is 23.8 Å². The van der Waals surface area contributed by atoms with E-state index in [1.807, 2.05) is 20.8 Å². The van der Waals surface area contributed by atoms with Crippen molar-refractivity contribution in [3.8, 4) is 5.75 Å². The van der Waals surface area contributed by atoms with E-state index >= 15 is 0 Å². The number of likely N-dealkylation sites (N-methyl/N-ethyl adjacent to an activating group) is 1. The van der Waals surface area contributed by atoms with Crippen LogP contribution in [0.5, 0.6) is 5.75 Å². The maximum absolute atomic E-state index is 13.2. The number of fused-ring (bicyclic) bond motifs is 2. The number of carbonyl (C=O) groups excluding carboxylic acids is 3. The van der Waals surface area contributed by atoms with Crippen LogP contribution in [-0.4, -0.2) is 67.2 Å². The van der Waals surface area contributed by atoms with Gasteiger partial charge in [0, 0.05) is 25.3 Å². The first-order valence-electron chi connectivity index (χ1n) is 10.8. The first-order chi connectivity index (χ1) is 14.8. The van der Waals surface area contributed by atoms with Gasteiger partial charge in [-0.3, -0.25) is 9.59 Å². The lowest BCUT2D eigenvalue weighted by Crippen LogP contribution is -2.54. The van der Waals surface area contributed by atoms with Gasteiger partial charge in [-0.15, -0.1) is 0 Å². The lowest BCUT2D eigenvalue weighted by atomic mass is 9.94. The highest BCUT2D eigenvalue weighted by atomic mass is 16.5. The predicted molar refractivity (Wildman–Crippen MR) is 116 cm³/mol. The van der Waals surface area contributed by atoms with Crippen molar-refractivity contribution < 1.29 is 23.9 Å². The Morgan fingerprint density at radius 1 is 1.26 bits per heavy atom. The van der Waals surface area contributed by atoms with Gasteiger partial charge in [-0.2, -0.15) is 0 Å². The summed E-state index contributed by atoms with van der Waals surface area (Å²) >= 11 is 0. The molecule has 2 aliphatic heterocycles. The molecule has 0 unspecified atom stereocenters. The molecule has 1 saturated heterocycles. The van der Waals surface area contributed by atoms with E-state index in [-0.39, 0.29) is 48.7 Å². The number of nitrogens with one attached hydrogen (secondary N) is 3. The summed E-state index contributed by atoms with van der Waals surface area (Å²) in [6.07, 6.45) is 1.22. The molecule has 2 heterocycles. The molecule has 3 atom stereocenters. The van der Waals surface area contributed by atoms with Crippen LogP contribution in [0.25, 0.3) is 0 Å². The molecule has 9 nitrogen and oxygen atoms in total. The number of hydrogen-bond acceptors (Lipinski definition) is 5. The monoisotopic (exact) mass is 432 g/mol. The largest absolute Gasteiger partial charge is 0.490 e. The standard InChI is InChI=1S/C22H32N4O5/c1-5-23-20(27)11-15-7-8-17-19(31-15)12-30-18-9-6-14(25-22(29)24-13(2)3)10-16(18)21(28)26(17)4/h6,9-10,13,15,17,19H,5,7-8,11-12H2,1-4H3,(H,23,27)(H2,24,25,29)/t15-,17-,19-/m0/s1. The first kappa shape index (κ1) is 22.9. The number of ether oxygens (including phenoxy) is 2. The van der Waals surface area contributed by atoms with Crippen molar-refractivity contribution >= 4 is 23.5 Å². The number of nitrogens with zero attached hydrogens (tertiary/aromatic N) is 1. The lowest BCUT2D eigenvalue weighted by molar-refractivity contribution is -0.133. The summed E-state index contributed by atoms with van der Waals surface area (Å²) in [6, 6.07) is 4.54. The second-order valence-electron chi connectivity index (χ2n) is 8.29. The van der Waals surface area contributed by atoms with Crippen molar-refractivity contribution in [3.63, 3.8) is 0 Å². The summed E-state index contributed by atoms with van der Waals surface area (Å²) in [5, 5.41) is 8.30. The van der Waals surface area contributed by atoms with Gasteiger partial charge in [-0.25, -0.2) is 4.79 Å². The van der Waals surface area contributed by atoms with Crippen LogP contribution in [-0.2, 0) is 9.53 Å². The molecule has 170 valence electrons. The average Bonchev–Trinajstić information content (AvgIpc) is 2.70. The molecule has 0 bridgehead atoms. The third-order valence-corrected chi connectivity index (χ3v) is 5.48. The smallest absolute Gasteiger partial charge is 0.319 e. The molecule has 4 amide bonds. The molecule has 0 spiro atoms. The Balaban J connectivity index is 1.73. The van der Waals surface area contributed by atoms with Gasteiger partial charge in [0.15, 0.2) is 0 Å². The molecule has 9 heteroatoms. The van der Waals surface area contributed by atoms with Crippen molar-refractivity contribution in [1.82, 2.24) is 15.5 Å². The van der Waals surface area contributed by atoms with Crippen LogP contribution < -0.4 is 20.7 Å². The molecule has 1 aromatic rings. The quantitative estimate of drug-likeness (QED) is 0.660. The molecular weight excluding hydrogens is 400 g/mol. The molecule has 3 rings (SSSR count). The summed E-state index contributed by atoms with van der Waals surface area (Å²) in [5.41, 5.74) is 0.911. The fourth-order valence-electron chi connectivity index (χ4n) is 4.01. The number of amides is 4. The van der Waals surface area contributed by atoms with Crippen molar-refractivity contribution in [2.75, 3.05) is 25.5 Å². The van der Waals surface area contributed by atoms with E-state index in [0.717, 1.165) is 6.42 Å². The van der Waals surface area contributed by atoms with Crippen LogP contribution in [0, 0.1) is 0 Å². The molecule has 0 saturated carbocycles. The minimum atomic E-state index is -0.332. The molecule has 31 heavy (non-hydrogen) atoms. The number of rotatable bonds is 5. The summed E-state index contributed by atoms with van der Waals surface area (Å²) in [5.74, 6) is 0.219. The van der Waals surface area contributed by atoms with Crippen LogP contribution in [0.3, 0.4) is 0 Å². The molecule has 2 aliphatic rings. The minimum absolute atomic E-state index is 0.000506. The molecule has 0 radical (unpaired) electrons. The third-order valence-electron chi connectivity index (χ3n) is 5.48. The molecule has 3 N–H and O–H groups in total. The Labute approximate surface area is 182 Å². The van der Waals surface area contributed by atoms with Gasteiger partial charge >= 0.3 is 6.03 Å². The Bertz CT molecular complexity index is 828. The van der Waals surface area contributed by atoms with Crippen molar-refractivity contribution in [2.24, 2.45) is 0 Å². The second kappa shape index (κ2) is 10.00. The van der Waals surface area contributed by atoms with E-state index in [0.29, 0.717) is 36.4 Å². The Kier molecular flexibility index (Phi) is 7.37. The zero-order valence-corrected chi connectivity index (χ0v) is 18.6. The normalized spacial score (nSPS) is 23.1. The van der Waals surface area contributed by atoms with E-state index in [4.69, 9.17) is 9.47 Å². The number of benzene rings is 1. The summed E-state index contributed by atoms with van der Waals surface area (Å²) < 4.78 is 12.1. The minimum Gasteiger partial charge on any atom is -0.490 e. The second-order valence-corrected chi connectivity index (χ2v) is 8.29. The van der Waals surface area contributed by atoms with Crippen LogP contribution >= 0.6 is 0 Å². The lowest BCUT2D eigenvalue weighted by Gasteiger charge is -2.42. The maximum Gasteiger partial charge on any atom is 0.319 e. The van der Waals surface area contributed by atoms with E-state index < -0.39 is 0 Å². The zero-order chi connectivity index (χ0) is 22.5. The van der Waals surface area contributed by atoms with E-state index in [1.165, 1.54) is 0 Å². The molecule has 1 fully saturated rings. The molecular formula is C22H32N4O5. The zero-order valence-electron chi connectivity index (χ0n) is 18.6. The topological polar surface area (TPSA) is 109 Å². The van der Waals surface area contributed by atoms with E-state index in [1.54, 1.807) is 30.1 Å². The van der Waals surface area contributed by atoms with Gasteiger partial charge < -0.3 is 30.3 Å². The SMILES string of the molecule is CCNC(=O)C[C@@H]1CC[C@H]2[C@H](COc3ccc(NC(=O)NC(C)C)cc3C(=O)N2C)O1. The van der Waals surface area contributed by atoms with Gasteiger partial charge in [0.1, 0.15) is 18.5 Å². The first-order valence-corrected chi connectivity index (χ1v) is 10.8. The Morgan fingerprint density at radius 2 is 2.03 bits per heavy atom. The number of hydrogen-bond donors (Lipinski definition) is 3. The van der Waals surface area contributed by atoms with Crippen LogP contribution in [0.2, 0.25) is 0 Å². The highest BCUT2D eigenvalue weighted by Crippen LogP contribution is 2.32. The van der Waals surface area contributed by atoms with Crippen molar-refractivity contribution in [1.29, 1.82) is 0 Å². The average molecular weight is 433 g/mol. The van der Waals surface area contributed by atoms with Crippen LogP contribution in [0.1, 0.15) is 50.4 Å². The van der Waals surface area contributed by atoms with Crippen LogP contribution in [0.15, 0.2) is 18.2 Å². The summed E-state index contributed by atoms with van der Waals surface area (Å²) in [7, 11) is 1.76. The van der Waals surface area contributed by atoms with Crippen molar-refractivity contribution in [2.45, 2.75) is 64.3 Å². The highest BCUT2D eigenvalue weighted by Gasteiger charge is 2.39. The Hall–Kier alpha value is -2.81. The molecule has 1 aromatic carbocycles. The van der Waals surface area contributed by atoms with Gasteiger partial charge in [0.25, 0.3) is 5.91 Å². The molecule has 0 aliphatic carbocycles.